The van der Waals surface area contributed by atoms with Crippen molar-refractivity contribution in [2.75, 3.05) is 0 Å². The van der Waals surface area contributed by atoms with Crippen LogP contribution in [0.25, 0.3) is 0 Å². The molecule has 0 radical (unpaired) electrons. The van der Waals surface area contributed by atoms with E-state index in [-0.39, 0.29) is 11.8 Å². The van der Waals surface area contributed by atoms with Crippen LogP contribution < -0.4 is 4.72 Å². The maximum atomic E-state index is 11.8. The van der Waals surface area contributed by atoms with Gasteiger partial charge in [-0.25, -0.2) is 13.1 Å². The van der Waals surface area contributed by atoms with Gasteiger partial charge in [-0.3, -0.25) is 0 Å². The molecule has 0 saturated carbocycles. The third-order valence-corrected chi connectivity index (χ3v) is 4.10. The zero-order chi connectivity index (χ0) is 12.9. The Bertz CT molecular complexity index is 442. The van der Waals surface area contributed by atoms with Gasteiger partial charge in [0.1, 0.15) is 0 Å². The van der Waals surface area contributed by atoms with Crippen LogP contribution in [-0.4, -0.2) is 14.5 Å². The standard InChI is InChI=1S/C12H18ClNO2S/c1-3-4-10(2)14-17(15,16)9-11-5-7-12(13)8-6-11/h5-8,10,14H,3-4,9H2,1-2H3. The fraction of sp³-hybridized carbons (Fsp3) is 0.500. The lowest BCUT2D eigenvalue weighted by Crippen LogP contribution is -2.33. The summed E-state index contributed by atoms with van der Waals surface area (Å²) in [5, 5.41) is 0.610. The Balaban J connectivity index is 2.63. The second-order valence-electron chi connectivity index (χ2n) is 4.19. The van der Waals surface area contributed by atoms with Crippen molar-refractivity contribution >= 4 is 21.6 Å². The van der Waals surface area contributed by atoms with Crippen LogP contribution in [0.5, 0.6) is 0 Å². The van der Waals surface area contributed by atoms with E-state index in [1.165, 1.54) is 0 Å². The Morgan fingerprint density at radius 1 is 1.29 bits per heavy atom. The fourth-order valence-corrected chi connectivity index (χ4v) is 3.21. The van der Waals surface area contributed by atoms with Crippen molar-refractivity contribution in [1.82, 2.24) is 4.72 Å². The molecule has 96 valence electrons. The van der Waals surface area contributed by atoms with Crippen LogP contribution in [0.1, 0.15) is 32.3 Å². The van der Waals surface area contributed by atoms with Gasteiger partial charge in [-0.15, -0.1) is 0 Å². The summed E-state index contributed by atoms with van der Waals surface area (Å²) >= 11 is 5.74. The van der Waals surface area contributed by atoms with Gasteiger partial charge in [-0.2, -0.15) is 0 Å². The molecule has 1 N–H and O–H groups in total. The lowest BCUT2D eigenvalue weighted by atomic mass is 10.2. The van der Waals surface area contributed by atoms with Gasteiger partial charge in [0.2, 0.25) is 10.0 Å². The molecule has 0 heterocycles. The Morgan fingerprint density at radius 3 is 2.41 bits per heavy atom. The molecule has 0 bridgehead atoms. The van der Waals surface area contributed by atoms with E-state index in [2.05, 4.69) is 4.72 Å². The SMILES string of the molecule is CCCC(C)NS(=O)(=O)Cc1ccc(Cl)cc1. The maximum Gasteiger partial charge on any atom is 0.216 e. The lowest BCUT2D eigenvalue weighted by Gasteiger charge is -2.13. The molecule has 1 aromatic carbocycles. The van der Waals surface area contributed by atoms with E-state index in [0.717, 1.165) is 18.4 Å². The zero-order valence-electron chi connectivity index (χ0n) is 10.1. The van der Waals surface area contributed by atoms with E-state index in [0.29, 0.717) is 5.02 Å². The number of hydrogen-bond donors (Lipinski definition) is 1. The van der Waals surface area contributed by atoms with Gasteiger partial charge in [0.25, 0.3) is 0 Å². The summed E-state index contributed by atoms with van der Waals surface area (Å²) in [6.07, 6.45) is 1.81. The summed E-state index contributed by atoms with van der Waals surface area (Å²) in [4.78, 5) is 0. The van der Waals surface area contributed by atoms with Gasteiger partial charge in [0.15, 0.2) is 0 Å². The minimum atomic E-state index is -3.26. The maximum absolute atomic E-state index is 11.8. The molecule has 0 fully saturated rings. The highest BCUT2D eigenvalue weighted by molar-refractivity contribution is 7.88. The van der Waals surface area contributed by atoms with E-state index >= 15 is 0 Å². The lowest BCUT2D eigenvalue weighted by molar-refractivity contribution is 0.543. The summed E-state index contributed by atoms with van der Waals surface area (Å²) in [6.45, 7) is 3.91. The van der Waals surface area contributed by atoms with E-state index in [4.69, 9.17) is 11.6 Å². The minimum Gasteiger partial charge on any atom is -0.212 e. The normalized spacial score (nSPS) is 13.6. The minimum absolute atomic E-state index is 0.00176. The molecular formula is C12H18ClNO2S. The van der Waals surface area contributed by atoms with E-state index < -0.39 is 10.0 Å². The molecule has 3 nitrogen and oxygen atoms in total. The van der Waals surface area contributed by atoms with Crippen LogP contribution in [0.15, 0.2) is 24.3 Å². The Morgan fingerprint density at radius 2 is 1.88 bits per heavy atom. The number of sulfonamides is 1. The van der Waals surface area contributed by atoms with Crippen LogP contribution in [0, 0.1) is 0 Å². The Hall–Kier alpha value is -0.580. The molecule has 17 heavy (non-hydrogen) atoms. The van der Waals surface area contributed by atoms with Crippen molar-refractivity contribution in [3.63, 3.8) is 0 Å². The second kappa shape index (κ2) is 6.38. The molecular weight excluding hydrogens is 258 g/mol. The number of hydrogen-bond acceptors (Lipinski definition) is 2. The molecule has 0 amide bonds. The van der Waals surface area contributed by atoms with E-state index in [9.17, 15) is 8.42 Å². The van der Waals surface area contributed by atoms with E-state index in [1.807, 2.05) is 13.8 Å². The van der Waals surface area contributed by atoms with Crippen molar-refractivity contribution < 1.29 is 8.42 Å². The van der Waals surface area contributed by atoms with E-state index in [1.54, 1.807) is 24.3 Å². The van der Waals surface area contributed by atoms with Gasteiger partial charge in [-0.1, -0.05) is 37.1 Å². The first-order valence-electron chi connectivity index (χ1n) is 5.67. The average molecular weight is 276 g/mol. The van der Waals surface area contributed by atoms with Gasteiger partial charge >= 0.3 is 0 Å². The summed E-state index contributed by atoms with van der Waals surface area (Å²) in [5.41, 5.74) is 0.741. The number of halogens is 1. The van der Waals surface area contributed by atoms with Crippen molar-refractivity contribution in [3.8, 4) is 0 Å². The topological polar surface area (TPSA) is 46.2 Å². The highest BCUT2D eigenvalue weighted by Crippen LogP contribution is 2.12. The van der Waals surface area contributed by atoms with Gasteiger partial charge in [-0.05, 0) is 31.0 Å². The van der Waals surface area contributed by atoms with Gasteiger partial charge in [0.05, 0.1) is 5.75 Å². The van der Waals surface area contributed by atoms with Crippen LogP contribution in [0.2, 0.25) is 5.02 Å². The molecule has 1 rings (SSSR count). The van der Waals surface area contributed by atoms with Crippen molar-refractivity contribution in [2.24, 2.45) is 0 Å². The Kier molecular flexibility index (Phi) is 5.43. The highest BCUT2D eigenvalue weighted by Gasteiger charge is 2.14. The first-order chi connectivity index (χ1) is 7.93. The van der Waals surface area contributed by atoms with Crippen molar-refractivity contribution in [3.05, 3.63) is 34.9 Å². The molecule has 0 aliphatic heterocycles. The van der Waals surface area contributed by atoms with Gasteiger partial charge in [0, 0.05) is 11.1 Å². The van der Waals surface area contributed by atoms with Crippen molar-refractivity contribution in [1.29, 1.82) is 0 Å². The smallest absolute Gasteiger partial charge is 0.212 e. The second-order valence-corrected chi connectivity index (χ2v) is 6.38. The summed E-state index contributed by atoms with van der Waals surface area (Å²) in [5.74, 6) is -0.00176. The monoisotopic (exact) mass is 275 g/mol. The summed E-state index contributed by atoms with van der Waals surface area (Å²) in [6, 6.07) is 6.83. The highest BCUT2D eigenvalue weighted by atomic mass is 35.5. The average Bonchev–Trinajstić information content (AvgIpc) is 2.20. The van der Waals surface area contributed by atoms with Crippen LogP contribution >= 0.6 is 11.6 Å². The molecule has 0 aromatic heterocycles. The quantitative estimate of drug-likeness (QED) is 0.868. The Labute approximate surface area is 108 Å². The van der Waals surface area contributed by atoms with Crippen LogP contribution in [0.3, 0.4) is 0 Å². The third kappa shape index (κ3) is 5.52. The van der Waals surface area contributed by atoms with Gasteiger partial charge < -0.3 is 0 Å². The predicted octanol–water partition coefficient (Wildman–Crippen LogP) is 2.95. The summed E-state index contributed by atoms with van der Waals surface area (Å²) in [7, 11) is -3.26. The number of nitrogens with one attached hydrogen (secondary N) is 1. The predicted molar refractivity (Wildman–Crippen MR) is 71.6 cm³/mol. The molecule has 5 heteroatoms. The third-order valence-electron chi connectivity index (χ3n) is 2.37. The first kappa shape index (κ1) is 14.5. The molecule has 0 aliphatic carbocycles. The summed E-state index contributed by atoms with van der Waals surface area (Å²) < 4.78 is 26.3. The molecule has 0 saturated heterocycles. The fourth-order valence-electron chi connectivity index (χ4n) is 1.64. The molecule has 0 aliphatic rings. The molecule has 1 unspecified atom stereocenters. The zero-order valence-corrected chi connectivity index (χ0v) is 11.7. The van der Waals surface area contributed by atoms with Crippen LogP contribution in [-0.2, 0) is 15.8 Å². The molecule has 1 aromatic rings. The number of benzene rings is 1. The van der Waals surface area contributed by atoms with Crippen molar-refractivity contribution in [2.45, 2.75) is 38.5 Å². The first-order valence-corrected chi connectivity index (χ1v) is 7.70. The molecule has 1 atom stereocenters. The van der Waals surface area contributed by atoms with Crippen LogP contribution in [0.4, 0.5) is 0 Å². The largest absolute Gasteiger partial charge is 0.216 e. The molecule has 0 spiro atoms. The number of rotatable bonds is 6.